The first kappa shape index (κ1) is 13.2. The first-order valence-electron chi connectivity index (χ1n) is 6.71. The third-order valence-corrected chi connectivity index (χ3v) is 4.94. The fourth-order valence-corrected chi connectivity index (χ4v) is 4.22. The lowest BCUT2D eigenvalue weighted by Crippen LogP contribution is -2.31. The summed E-state index contributed by atoms with van der Waals surface area (Å²) in [6.45, 7) is 2.74. The Morgan fingerprint density at radius 1 is 1.35 bits per heavy atom. The molecule has 0 radical (unpaired) electrons. The number of nitrogens with one attached hydrogen (secondary N) is 1. The summed E-state index contributed by atoms with van der Waals surface area (Å²) in [5, 5.41) is 3.05. The monoisotopic (exact) mass is 258 g/mol. The SMILES string of the molecule is CC(N)CCNC(=O)C1C2C3CCC(C3)C12.Cl. The van der Waals surface area contributed by atoms with E-state index in [4.69, 9.17) is 5.73 Å². The Bertz CT molecular complexity index is 292. The number of amides is 1. The van der Waals surface area contributed by atoms with Gasteiger partial charge < -0.3 is 11.1 Å². The Hall–Kier alpha value is -0.280. The van der Waals surface area contributed by atoms with Crippen LogP contribution in [0.15, 0.2) is 0 Å². The van der Waals surface area contributed by atoms with Crippen molar-refractivity contribution in [3.63, 3.8) is 0 Å². The van der Waals surface area contributed by atoms with Crippen molar-refractivity contribution >= 4 is 18.3 Å². The van der Waals surface area contributed by atoms with Crippen LogP contribution in [-0.2, 0) is 4.79 Å². The number of carbonyl (C=O) groups is 1. The summed E-state index contributed by atoms with van der Waals surface area (Å²) in [5.41, 5.74) is 5.67. The highest BCUT2D eigenvalue weighted by molar-refractivity contribution is 5.85. The average molecular weight is 259 g/mol. The van der Waals surface area contributed by atoms with Crippen molar-refractivity contribution in [1.82, 2.24) is 5.32 Å². The first-order valence-corrected chi connectivity index (χ1v) is 6.71. The van der Waals surface area contributed by atoms with E-state index in [1.165, 1.54) is 19.3 Å². The third kappa shape index (κ3) is 2.19. The molecule has 98 valence electrons. The molecule has 0 aromatic carbocycles. The van der Waals surface area contributed by atoms with Crippen LogP contribution in [0.1, 0.15) is 32.6 Å². The number of fused-ring (bicyclic) bond motifs is 5. The van der Waals surface area contributed by atoms with Crippen molar-refractivity contribution in [2.75, 3.05) is 6.54 Å². The zero-order valence-corrected chi connectivity index (χ0v) is 11.2. The van der Waals surface area contributed by atoms with Crippen LogP contribution in [0.5, 0.6) is 0 Å². The minimum atomic E-state index is 0. The Kier molecular flexibility index (Phi) is 3.69. The Balaban J connectivity index is 0.00000108. The van der Waals surface area contributed by atoms with Gasteiger partial charge in [0, 0.05) is 18.5 Å². The Morgan fingerprint density at radius 2 is 1.94 bits per heavy atom. The summed E-state index contributed by atoms with van der Waals surface area (Å²) in [6.07, 6.45) is 5.07. The maximum atomic E-state index is 12.0. The Labute approximate surface area is 109 Å². The molecule has 1 amide bonds. The molecule has 4 heteroatoms. The number of carbonyl (C=O) groups excluding carboxylic acids is 1. The van der Waals surface area contributed by atoms with Crippen LogP contribution < -0.4 is 11.1 Å². The second-order valence-corrected chi connectivity index (χ2v) is 6.07. The lowest BCUT2D eigenvalue weighted by atomic mass is 10.0. The van der Waals surface area contributed by atoms with Gasteiger partial charge in [-0.05, 0) is 56.3 Å². The maximum absolute atomic E-state index is 12.0. The smallest absolute Gasteiger partial charge is 0.223 e. The van der Waals surface area contributed by atoms with Crippen LogP contribution in [0.3, 0.4) is 0 Å². The van der Waals surface area contributed by atoms with Gasteiger partial charge in [0.2, 0.25) is 5.91 Å². The molecule has 0 spiro atoms. The molecule has 0 saturated heterocycles. The molecule has 5 atom stereocenters. The van der Waals surface area contributed by atoms with Gasteiger partial charge in [-0.2, -0.15) is 0 Å². The molecule has 2 bridgehead atoms. The topological polar surface area (TPSA) is 55.1 Å². The van der Waals surface area contributed by atoms with E-state index in [1.54, 1.807) is 0 Å². The van der Waals surface area contributed by atoms with Crippen LogP contribution in [0.4, 0.5) is 0 Å². The van der Waals surface area contributed by atoms with Gasteiger partial charge in [0.15, 0.2) is 0 Å². The molecule has 3 saturated carbocycles. The summed E-state index contributed by atoms with van der Waals surface area (Å²) in [6, 6.07) is 0.190. The van der Waals surface area contributed by atoms with E-state index in [1.807, 2.05) is 6.92 Å². The molecule has 17 heavy (non-hydrogen) atoms. The van der Waals surface area contributed by atoms with Gasteiger partial charge >= 0.3 is 0 Å². The van der Waals surface area contributed by atoms with Gasteiger partial charge in [0.05, 0.1) is 0 Å². The summed E-state index contributed by atoms with van der Waals surface area (Å²) < 4.78 is 0. The van der Waals surface area contributed by atoms with E-state index >= 15 is 0 Å². The van der Waals surface area contributed by atoms with E-state index in [-0.39, 0.29) is 18.4 Å². The van der Waals surface area contributed by atoms with Crippen LogP contribution in [0, 0.1) is 29.6 Å². The Morgan fingerprint density at radius 3 is 2.47 bits per heavy atom. The fraction of sp³-hybridized carbons (Fsp3) is 0.923. The number of halogens is 1. The second-order valence-electron chi connectivity index (χ2n) is 6.07. The van der Waals surface area contributed by atoms with E-state index in [0.29, 0.717) is 11.8 Å². The third-order valence-electron chi connectivity index (χ3n) is 4.94. The number of nitrogens with two attached hydrogens (primary N) is 1. The summed E-state index contributed by atoms with van der Waals surface area (Å²) in [5.74, 6) is 3.98. The molecular formula is C13H23ClN2O. The number of hydrogen-bond acceptors (Lipinski definition) is 2. The fourth-order valence-electron chi connectivity index (χ4n) is 4.22. The van der Waals surface area contributed by atoms with Crippen LogP contribution in [-0.4, -0.2) is 18.5 Å². The summed E-state index contributed by atoms with van der Waals surface area (Å²) in [7, 11) is 0. The van der Waals surface area contributed by atoms with E-state index in [2.05, 4.69) is 5.32 Å². The first-order chi connectivity index (χ1) is 7.68. The standard InChI is InChI=1S/C13H22N2O.ClH/c1-7(14)4-5-15-13(16)12-10-8-2-3-9(6-8)11(10)12;/h7-12H,2-6,14H2,1H3,(H,15,16);1H. The largest absolute Gasteiger partial charge is 0.356 e. The molecule has 3 nitrogen and oxygen atoms in total. The molecule has 3 rings (SSSR count). The predicted octanol–water partition coefficient (Wildman–Crippen LogP) is 1.55. The predicted molar refractivity (Wildman–Crippen MR) is 69.8 cm³/mol. The van der Waals surface area contributed by atoms with Crippen molar-refractivity contribution in [3.8, 4) is 0 Å². The molecular weight excluding hydrogens is 236 g/mol. The minimum Gasteiger partial charge on any atom is -0.356 e. The molecule has 0 aromatic heterocycles. The zero-order chi connectivity index (χ0) is 11.3. The van der Waals surface area contributed by atoms with Crippen molar-refractivity contribution in [2.45, 2.75) is 38.6 Å². The summed E-state index contributed by atoms with van der Waals surface area (Å²) in [4.78, 5) is 12.0. The van der Waals surface area contributed by atoms with Gasteiger partial charge in [0.25, 0.3) is 0 Å². The number of hydrogen-bond donors (Lipinski definition) is 2. The molecule has 0 aliphatic heterocycles. The van der Waals surface area contributed by atoms with Crippen molar-refractivity contribution in [1.29, 1.82) is 0 Å². The van der Waals surface area contributed by atoms with Crippen LogP contribution >= 0.6 is 12.4 Å². The lowest BCUT2D eigenvalue weighted by Gasteiger charge is -2.10. The molecule has 5 unspecified atom stereocenters. The quantitative estimate of drug-likeness (QED) is 0.804. The highest BCUT2D eigenvalue weighted by Gasteiger charge is 2.67. The van der Waals surface area contributed by atoms with Crippen molar-refractivity contribution < 1.29 is 4.79 Å². The maximum Gasteiger partial charge on any atom is 0.223 e. The highest BCUT2D eigenvalue weighted by atomic mass is 35.5. The molecule has 3 aliphatic carbocycles. The molecule has 3 N–H and O–H groups in total. The molecule has 0 heterocycles. The van der Waals surface area contributed by atoms with Crippen LogP contribution in [0.25, 0.3) is 0 Å². The second kappa shape index (κ2) is 4.77. The molecule has 3 aliphatic rings. The molecule has 3 fully saturated rings. The van der Waals surface area contributed by atoms with Crippen molar-refractivity contribution in [3.05, 3.63) is 0 Å². The van der Waals surface area contributed by atoms with Gasteiger partial charge in [-0.3, -0.25) is 4.79 Å². The molecule has 0 aromatic rings. The van der Waals surface area contributed by atoms with Crippen LogP contribution in [0.2, 0.25) is 0 Å². The number of rotatable bonds is 4. The normalized spacial score (nSPS) is 42.6. The van der Waals surface area contributed by atoms with Gasteiger partial charge in [-0.1, -0.05) is 0 Å². The average Bonchev–Trinajstić information content (AvgIpc) is 2.68. The lowest BCUT2D eigenvalue weighted by molar-refractivity contribution is -0.123. The van der Waals surface area contributed by atoms with Gasteiger partial charge in [-0.25, -0.2) is 0 Å². The highest BCUT2D eigenvalue weighted by Crippen LogP contribution is 2.69. The summed E-state index contributed by atoms with van der Waals surface area (Å²) >= 11 is 0. The van der Waals surface area contributed by atoms with E-state index in [0.717, 1.165) is 36.6 Å². The van der Waals surface area contributed by atoms with Crippen molar-refractivity contribution in [2.24, 2.45) is 35.3 Å². The van der Waals surface area contributed by atoms with E-state index in [9.17, 15) is 4.79 Å². The van der Waals surface area contributed by atoms with E-state index < -0.39 is 0 Å². The minimum absolute atomic E-state index is 0. The van der Waals surface area contributed by atoms with Gasteiger partial charge in [-0.15, -0.1) is 12.4 Å². The van der Waals surface area contributed by atoms with Gasteiger partial charge in [0.1, 0.15) is 0 Å². The zero-order valence-electron chi connectivity index (χ0n) is 10.4.